The number of fused-ring (bicyclic) bond motifs is 1. The van der Waals surface area contributed by atoms with E-state index in [-0.39, 0.29) is 23.9 Å². The molecule has 0 unspecified atom stereocenters. The van der Waals surface area contributed by atoms with Crippen LogP contribution in [0.2, 0.25) is 0 Å². The Hall–Kier alpha value is -2.06. The van der Waals surface area contributed by atoms with Crippen LogP contribution in [0.5, 0.6) is 0 Å². The Labute approximate surface area is 153 Å². The molecule has 8 heteroatoms. The number of carbonyl (C=O) groups is 1. The van der Waals surface area contributed by atoms with Gasteiger partial charge in [-0.15, -0.1) is 0 Å². The van der Waals surface area contributed by atoms with Gasteiger partial charge in [-0.05, 0) is 38.8 Å². The first kappa shape index (κ1) is 18.7. The van der Waals surface area contributed by atoms with Crippen LogP contribution in [-0.4, -0.2) is 43.6 Å². The molecular formula is C18H25N3O4S. The first-order chi connectivity index (χ1) is 12.4. The molecule has 1 atom stereocenters. The number of furan rings is 1. The molecule has 1 aliphatic heterocycles. The molecule has 1 aromatic heterocycles. The molecule has 0 saturated carbocycles. The van der Waals surface area contributed by atoms with E-state index in [9.17, 15) is 13.2 Å². The molecule has 7 nitrogen and oxygen atoms in total. The van der Waals surface area contributed by atoms with Gasteiger partial charge in [0.25, 0.3) is 0 Å². The molecule has 0 radical (unpaired) electrons. The van der Waals surface area contributed by atoms with Crippen LogP contribution in [0.4, 0.5) is 4.79 Å². The van der Waals surface area contributed by atoms with E-state index in [0.717, 1.165) is 11.0 Å². The molecule has 0 bridgehead atoms. The summed E-state index contributed by atoms with van der Waals surface area (Å²) in [5.41, 5.74) is 0.793. The zero-order chi connectivity index (χ0) is 18.7. The van der Waals surface area contributed by atoms with Crippen LogP contribution in [0.25, 0.3) is 11.0 Å². The van der Waals surface area contributed by atoms with Crippen LogP contribution < -0.4 is 10.6 Å². The van der Waals surface area contributed by atoms with Crippen LogP contribution >= 0.6 is 0 Å². The van der Waals surface area contributed by atoms with Crippen molar-refractivity contribution in [3.8, 4) is 0 Å². The van der Waals surface area contributed by atoms with Gasteiger partial charge in [0.2, 0.25) is 10.0 Å². The lowest BCUT2D eigenvalue weighted by Crippen LogP contribution is -2.49. The van der Waals surface area contributed by atoms with Gasteiger partial charge in [-0.1, -0.05) is 18.2 Å². The maximum atomic E-state index is 12.2. The topological polar surface area (TPSA) is 91.7 Å². The van der Waals surface area contributed by atoms with Crippen LogP contribution in [0.3, 0.4) is 0 Å². The SMILES string of the molecule is CCS(=O)(=O)N1CCC(NC(=O)N[C@@H](C)c2cc3ccccc3o2)CC1. The maximum absolute atomic E-state index is 12.2. The van der Waals surface area contributed by atoms with Crippen molar-refractivity contribution in [2.45, 2.75) is 38.8 Å². The number of amides is 2. The molecule has 0 aliphatic carbocycles. The number of hydrogen-bond donors (Lipinski definition) is 2. The van der Waals surface area contributed by atoms with E-state index >= 15 is 0 Å². The predicted molar refractivity (Wildman–Crippen MR) is 100 cm³/mol. The second kappa shape index (κ2) is 7.67. The van der Waals surface area contributed by atoms with E-state index in [1.54, 1.807) is 6.92 Å². The Bertz CT molecular complexity index is 836. The average Bonchev–Trinajstić information content (AvgIpc) is 3.06. The van der Waals surface area contributed by atoms with E-state index in [4.69, 9.17) is 4.42 Å². The van der Waals surface area contributed by atoms with Crippen molar-refractivity contribution in [1.82, 2.24) is 14.9 Å². The van der Waals surface area contributed by atoms with Crippen molar-refractivity contribution in [3.05, 3.63) is 36.1 Å². The highest BCUT2D eigenvalue weighted by Gasteiger charge is 2.27. The normalized spacial score (nSPS) is 17.9. The van der Waals surface area contributed by atoms with Gasteiger partial charge in [-0.2, -0.15) is 0 Å². The zero-order valence-corrected chi connectivity index (χ0v) is 15.9. The highest BCUT2D eigenvalue weighted by molar-refractivity contribution is 7.89. The number of para-hydroxylation sites is 1. The van der Waals surface area contributed by atoms with Crippen molar-refractivity contribution in [2.75, 3.05) is 18.8 Å². The van der Waals surface area contributed by atoms with Crippen molar-refractivity contribution in [2.24, 2.45) is 0 Å². The summed E-state index contributed by atoms with van der Waals surface area (Å²) in [5.74, 6) is 0.811. The molecular weight excluding hydrogens is 354 g/mol. The van der Waals surface area contributed by atoms with Crippen LogP contribution in [0.1, 0.15) is 38.5 Å². The van der Waals surface area contributed by atoms with Crippen molar-refractivity contribution in [1.29, 1.82) is 0 Å². The standard InChI is InChI=1S/C18H25N3O4S/c1-3-26(23,24)21-10-8-15(9-11-21)20-18(22)19-13(2)17-12-14-6-4-5-7-16(14)25-17/h4-7,12-13,15H,3,8-11H2,1-2H3,(H2,19,20,22)/t13-/m0/s1. The molecule has 2 aromatic rings. The number of benzene rings is 1. The van der Waals surface area contributed by atoms with Crippen LogP contribution in [0, 0.1) is 0 Å². The fourth-order valence-corrected chi connectivity index (χ4v) is 4.30. The van der Waals surface area contributed by atoms with Crippen molar-refractivity contribution >= 4 is 27.0 Å². The molecule has 1 saturated heterocycles. The summed E-state index contributed by atoms with van der Waals surface area (Å²) in [7, 11) is -3.15. The summed E-state index contributed by atoms with van der Waals surface area (Å²) >= 11 is 0. The van der Waals surface area contributed by atoms with E-state index in [1.165, 1.54) is 4.31 Å². The summed E-state index contributed by atoms with van der Waals surface area (Å²) in [6.45, 7) is 4.40. The van der Waals surface area contributed by atoms with Gasteiger partial charge in [0.1, 0.15) is 11.3 Å². The zero-order valence-electron chi connectivity index (χ0n) is 15.1. The van der Waals surface area contributed by atoms with E-state index in [0.29, 0.717) is 31.7 Å². The number of rotatable bonds is 5. The second-order valence-corrected chi connectivity index (χ2v) is 8.86. The highest BCUT2D eigenvalue weighted by Crippen LogP contribution is 2.23. The van der Waals surface area contributed by atoms with Gasteiger partial charge in [0.05, 0.1) is 11.8 Å². The lowest BCUT2D eigenvalue weighted by molar-refractivity contribution is 0.223. The molecule has 142 valence electrons. The number of carbonyl (C=O) groups excluding carboxylic acids is 1. The lowest BCUT2D eigenvalue weighted by Gasteiger charge is -2.31. The summed E-state index contributed by atoms with van der Waals surface area (Å²) in [4.78, 5) is 12.2. The minimum Gasteiger partial charge on any atom is -0.459 e. The average molecular weight is 379 g/mol. The van der Waals surface area contributed by atoms with E-state index < -0.39 is 10.0 Å². The Balaban J connectivity index is 1.51. The van der Waals surface area contributed by atoms with Gasteiger partial charge in [0, 0.05) is 24.5 Å². The molecule has 1 fully saturated rings. The van der Waals surface area contributed by atoms with Gasteiger partial charge in [-0.25, -0.2) is 17.5 Å². The Morgan fingerprint density at radius 1 is 1.31 bits per heavy atom. The molecule has 2 heterocycles. The number of urea groups is 1. The predicted octanol–water partition coefficient (Wildman–Crippen LogP) is 2.61. The lowest BCUT2D eigenvalue weighted by atomic mass is 10.1. The molecule has 1 aromatic carbocycles. The minimum atomic E-state index is -3.15. The summed E-state index contributed by atoms with van der Waals surface area (Å²) in [5, 5.41) is 6.81. The van der Waals surface area contributed by atoms with Crippen LogP contribution in [0.15, 0.2) is 34.7 Å². The van der Waals surface area contributed by atoms with Gasteiger partial charge in [-0.3, -0.25) is 0 Å². The van der Waals surface area contributed by atoms with Gasteiger partial charge in [0.15, 0.2) is 0 Å². The highest BCUT2D eigenvalue weighted by atomic mass is 32.2. The minimum absolute atomic E-state index is 0.0267. The Morgan fingerprint density at radius 3 is 2.65 bits per heavy atom. The number of nitrogens with zero attached hydrogens (tertiary/aromatic N) is 1. The van der Waals surface area contributed by atoms with Crippen LogP contribution in [-0.2, 0) is 10.0 Å². The molecule has 2 amide bonds. The van der Waals surface area contributed by atoms with Crippen molar-refractivity contribution in [3.63, 3.8) is 0 Å². The third-order valence-electron chi connectivity index (χ3n) is 4.77. The Morgan fingerprint density at radius 2 is 2.00 bits per heavy atom. The third kappa shape index (κ3) is 4.19. The molecule has 1 aliphatic rings. The quantitative estimate of drug-likeness (QED) is 0.835. The summed E-state index contributed by atoms with van der Waals surface area (Å²) in [6.07, 6.45) is 1.23. The maximum Gasteiger partial charge on any atom is 0.315 e. The summed E-state index contributed by atoms with van der Waals surface area (Å²) in [6, 6.07) is 9.08. The smallest absolute Gasteiger partial charge is 0.315 e. The molecule has 0 spiro atoms. The molecule has 2 N–H and O–H groups in total. The first-order valence-corrected chi connectivity index (χ1v) is 10.5. The molecule has 3 rings (SSSR count). The first-order valence-electron chi connectivity index (χ1n) is 8.92. The van der Waals surface area contributed by atoms with Gasteiger partial charge >= 0.3 is 6.03 Å². The van der Waals surface area contributed by atoms with E-state index in [1.807, 2.05) is 37.3 Å². The molecule has 26 heavy (non-hydrogen) atoms. The largest absolute Gasteiger partial charge is 0.459 e. The Kier molecular flexibility index (Phi) is 5.52. The second-order valence-electron chi connectivity index (χ2n) is 6.60. The summed E-state index contributed by atoms with van der Waals surface area (Å²) < 4.78 is 31.0. The van der Waals surface area contributed by atoms with Crippen molar-refractivity contribution < 1.29 is 17.6 Å². The number of nitrogens with one attached hydrogen (secondary N) is 2. The van der Waals surface area contributed by atoms with E-state index in [2.05, 4.69) is 10.6 Å². The van der Waals surface area contributed by atoms with Gasteiger partial charge < -0.3 is 15.1 Å². The fraction of sp³-hybridized carbons (Fsp3) is 0.500. The fourth-order valence-electron chi connectivity index (χ4n) is 3.17. The monoisotopic (exact) mass is 379 g/mol. The third-order valence-corrected chi connectivity index (χ3v) is 6.65. The number of hydrogen-bond acceptors (Lipinski definition) is 4. The number of sulfonamides is 1. The number of piperidine rings is 1.